The van der Waals surface area contributed by atoms with Crippen molar-refractivity contribution in [3.8, 4) is 0 Å². The average molecular weight is 178 g/mol. The van der Waals surface area contributed by atoms with Crippen LogP contribution < -0.4 is 0 Å². The van der Waals surface area contributed by atoms with Crippen molar-refractivity contribution in [3.63, 3.8) is 0 Å². The van der Waals surface area contributed by atoms with Crippen molar-refractivity contribution in [3.05, 3.63) is 41.7 Å². The third-order valence-electron chi connectivity index (χ3n) is 2.02. The minimum Gasteiger partial charge on any atom is -0.207 e. The quantitative estimate of drug-likeness (QED) is 0.614. The van der Waals surface area contributed by atoms with E-state index in [2.05, 4.69) is 6.58 Å². The SMILES string of the molecule is C=Cc1cccc(F)c1C(C)(C)C. The Bertz CT molecular complexity index is 318. The molecule has 0 spiro atoms. The Morgan fingerprint density at radius 1 is 1.31 bits per heavy atom. The maximum absolute atomic E-state index is 13.5. The molecule has 0 N–H and O–H groups in total. The number of halogens is 1. The minimum absolute atomic E-state index is 0.148. The van der Waals surface area contributed by atoms with E-state index >= 15 is 0 Å². The average Bonchev–Trinajstić information content (AvgIpc) is 2.01. The Balaban J connectivity index is 3.40. The van der Waals surface area contributed by atoms with E-state index in [9.17, 15) is 4.39 Å². The molecule has 1 aromatic rings. The standard InChI is InChI=1S/C12H15F/c1-5-9-7-6-8-10(13)11(9)12(2,3)4/h5-8H,1H2,2-4H3. The number of benzene rings is 1. The second-order valence-electron chi connectivity index (χ2n) is 4.16. The first-order chi connectivity index (χ1) is 5.96. The highest BCUT2D eigenvalue weighted by atomic mass is 19.1. The van der Waals surface area contributed by atoms with Crippen molar-refractivity contribution in [2.24, 2.45) is 0 Å². The van der Waals surface area contributed by atoms with Crippen molar-refractivity contribution in [1.82, 2.24) is 0 Å². The highest BCUT2D eigenvalue weighted by Gasteiger charge is 2.20. The second-order valence-corrected chi connectivity index (χ2v) is 4.16. The molecule has 0 radical (unpaired) electrons. The Labute approximate surface area is 79.1 Å². The molecule has 0 amide bonds. The normalized spacial score (nSPS) is 11.4. The lowest BCUT2D eigenvalue weighted by molar-refractivity contribution is 0.522. The summed E-state index contributed by atoms with van der Waals surface area (Å²) in [5.41, 5.74) is 1.45. The molecule has 0 saturated heterocycles. The van der Waals surface area contributed by atoms with Gasteiger partial charge in [-0.1, -0.05) is 45.6 Å². The third kappa shape index (κ3) is 1.97. The van der Waals surface area contributed by atoms with Crippen LogP contribution >= 0.6 is 0 Å². The predicted molar refractivity (Wildman–Crippen MR) is 55.2 cm³/mol. The molecule has 1 rings (SSSR count). The van der Waals surface area contributed by atoms with Crippen molar-refractivity contribution in [2.75, 3.05) is 0 Å². The lowest BCUT2D eigenvalue weighted by Crippen LogP contribution is -2.15. The molecule has 0 aliphatic heterocycles. The lowest BCUT2D eigenvalue weighted by Gasteiger charge is -2.22. The molecule has 0 unspecified atom stereocenters. The van der Waals surface area contributed by atoms with Gasteiger partial charge in [0, 0.05) is 5.56 Å². The fourth-order valence-corrected chi connectivity index (χ4v) is 1.50. The molecular weight excluding hydrogens is 163 g/mol. The van der Waals surface area contributed by atoms with Crippen LogP contribution in [0.1, 0.15) is 31.9 Å². The fourth-order valence-electron chi connectivity index (χ4n) is 1.50. The van der Waals surface area contributed by atoms with E-state index in [1.807, 2.05) is 26.8 Å². The van der Waals surface area contributed by atoms with Gasteiger partial charge in [0.05, 0.1) is 0 Å². The molecule has 0 nitrogen and oxygen atoms in total. The zero-order valence-electron chi connectivity index (χ0n) is 8.39. The highest BCUT2D eigenvalue weighted by Crippen LogP contribution is 2.28. The molecule has 0 aliphatic carbocycles. The molecule has 0 saturated carbocycles. The third-order valence-corrected chi connectivity index (χ3v) is 2.02. The maximum atomic E-state index is 13.5. The number of hydrogen-bond donors (Lipinski definition) is 0. The molecule has 0 aliphatic rings. The molecule has 1 heteroatoms. The largest absolute Gasteiger partial charge is 0.207 e. The molecule has 0 atom stereocenters. The van der Waals surface area contributed by atoms with Gasteiger partial charge in [0.25, 0.3) is 0 Å². The van der Waals surface area contributed by atoms with Crippen molar-refractivity contribution in [1.29, 1.82) is 0 Å². The summed E-state index contributed by atoms with van der Waals surface area (Å²) in [6, 6.07) is 5.09. The first kappa shape index (κ1) is 9.97. The van der Waals surface area contributed by atoms with E-state index in [-0.39, 0.29) is 11.2 Å². The van der Waals surface area contributed by atoms with Crippen molar-refractivity contribution >= 4 is 6.08 Å². The molecular formula is C12H15F. The van der Waals surface area contributed by atoms with Crippen molar-refractivity contribution in [2.45, 2.75) is 26.2 Å². The topological polar surface area (TPSA) is 0 Å². The lowest BCUT2D eigenvalue weighted by atomic mass is 9.83. The van der Waals surface area contributed by atoms with Gasteiger partial charge in [-0.2, -0.15) is 0 Å². The smallest absolute Gasteiger partial charge is 0.127 e. The summed E-state index contributed by atoms with van der Waals surface area (Å²) in [6.45, 7) is 9.67. The van der Waals surface area contributed by atoms with Crippen LogP contribution in [0.15, 0.2) is 24.8 Å². The van der Waals surface area contributed by atoms with E-state index in [0.717, 1.165) is 11.1 Å². The summed E-state index contributed by atoms with van der Waals surface area (Å²) in [5, 5.41) is 0. The predicted octanol–water partition coefficient (Wildman–Crippen LogP) is 3.77. The van der Waals surface area contributed by atoms with Gasteiger partial charge in [-0.15, -0.1) is 0 Å². The molecule has 0 fully saturated rings. The van der Waals surface area contributed by atoms with Gasteiger partial charge in [0.2, 0.25) is 0 Å². The molecule has 1 aromatic carbocycles. The van der Waals surface area contributed by atoms with Crippen LogP contribution in [0.3, 0.4) is 0 Å². The summed E-state index contributed by atoms with van der Waals surface area (Å²) < 4.78 is 13.5. The van der Waals surface area contributed by atoms with E-state index in [4.69, 9.17) is 0 Å². The number of rotatable bonds is 1. The first-order valence-corrected chi connectivity index (χ1v) is 4.38. The Morgan fingerprint density at radius 3 is 2.31 bits per heavy atom. The second kappa shape index (κ2) is 3.33. The van der Waals surface area contributed by atoms with Gasteiger partial charge in [-0.3, -0.25) is 0 Å². The molecule has 0 heterocycles. The number of hydrogen-bond acceptors (Lipinski definition) is 0. The van der Waals surface area contributed by atoms with E-state index in [1.165, 1.54) is 6.07 Å². The first-order valence-electron chi connectivity index (χ1n) is 4.38. The molecule has 13 heavy (non-hydrogen) atoms. The Hall–Kier alpha value is -1.11. The molecule has 70 valence electrons. The van der Waals surface area contributed by atoms with Gasteiger partial charge in [0.1, 0.15) is 5.82 Å². The zero-order chi connectivity index (χ0) is 10.1. The van der Waals surface area contributed by atoms with Gasteiger partial charge in [-0.05, 0) is 17.0 Å². The van der Waals surface area contributed by atoms with Gasteiger partial charge in [-0.25, -0.2) is 4.39 Å². The summed E-state index contributed by atoms with van der Waals surface area (Å²) in [6.07, 6.45) is 1.70. The van der Waals surface area contributed by atoms with Crippen LogP contribution in [0.4, 0.5) is 4.39 Å². The summed E-state index contributed by atoms with van der Waals surface area (Å²) in [7, 11) is 0. The zero-order valence-corrected chi connectivity index (χ0v) is 8.39. The molecule has 0 aromatic heterocycles. The summed E-state index contributed by atoms with van der Waals surface area (Å²) >= 11 is 0. The van der Waals surface area contributed by atoms with E-state index < -0.39 is 0 Å². The Morgan fingerprint density at radius 2 is 1.92 bits per heavy atom. The van der Waals surface area contributed by atoms with Crippen LogP contribution in [0.25, 0.3) is 6.08 Å². The minimum atomic E-state index is -0.172. The van der Waals surface area contributed by atoms with Crippen LogP contribution in [0.2, 0.25) is 0 Å². The van der Waals surface area contributed by atoms with Crippen LogP contribution in [0.5, 0.6) is 0 Å². The van der Waals surface area contributed by atoms with Crippen LogP contribution in [0, 0.1) is 5.82 Å². The monoisotopic (exact) mass is 178 g/mol. The van der Waals surface area contributed by atoms with Gasteiger partial charge in [0.15, 0.2) is 0 Å². The van der Waals surface area contributed by atoms with Gasteiger partial charge < -0.3 is 0 Å². The van der Waals surface area contributed by atoms with Gasteiger partial charge >= 0.3 is 0 Å². The van der Waals surface area contributed by atoms with E-state index in [1.54, 1.807) is 12.1 Å². The fraction of sp³-hybridized carbons (Fsp3) is 0.333. The van der Waals surface area contributed by atoms with E-state index in [0.29, 0.717) is 0 Å². The Kier molecular flexibility index (Phi) is 2.55. The highest BCUT2D eigenvalue weighted by molar-refractivity contribution is 5.54. The van der Waals surface area contributed by atoms with Crippen molar-refractivity contribution < 1.29 is 4.39 Å². The van der Waals surface area contributed by atoms with Crippen LogP contribution in [-0.4, -0.2) is 0 Å². The summed E-state index contributed by atoms with van der Waals surface area (Å²) in [5.74, 6) is -0.148. The summed E-state index contributed by atoms with van der Waals surface area (Å²) in [4.78, 5) is 0. The maximum Gasteiger partial charge on any atom is 0.127 e. The van der Waals surface area contributed by atoms with Crippen LogP contribution in [-0.2, 0) is 5.41 Å². The molecule has 0 bridgehead atoms.